The minimum Gasteiger partial charge on any atom is -0.304 e. The highest BCUT2D eigenvalue weighted by molar-refractivity contribution is 6.04. The van der Waals surface area contributed by atoms with Gasteiger partial charge in [0.15, 0.2) is 5.41 Å². The van der Waals surface area contributed by atoms with Crippen LogP contribution in [0.5, 0.6) is 0 Å². The van der Waals surface area contributed by atoms with E-state index in [1.165, 1.54) is 0 Å². The molecular weight excluding hydrogens is 286 g/mol. The summed E-state index contributed by atoms with van der Waals surface area (Å²) in [5, 5.41) is 37.6. The summed E-state index contributed by atoms with van der Waals surface area (Å²) in [6.07, 6.45) is 7.97. The molecule has 3 atom stereocenters. The highest BCUT2D eigenvalue weighted by atomic mass is 14.7. The van der Waals surface area contributed by atoms with Gasteiger partial charge in [-0.2, -0.15) is 15.8 Å². The Hall–Kier alpha value is -2.97. The molecule has 2 aliphatic carbocycles. The van der Waals surface area contributed by atoms with Gasteiger partial charge in [-0.25, -0.2) is 0 Å². The molecule has 0 radical (unpaired) electrons. The normalized spacial score (nSPS) is 28.5. The summed E-state index contributed by atoms with van der Waals surface area (Å²) < 4.78 is 0. The van der Waals surface area contributed by atoms with Crippen LogP contribution in [-0.2, 0) is 0 Å². The Labute approximate surface area is 135 Å². The molecule has 0 saturated heterocycles. The van der Waals surface area contributed by atoms with E-state index in [9.17, 15) is 15.8 Å². The molecule has 1 unspecified atom stereocenters. The van der Waals surface area contributed by atoms with Gasteiger partial charge < -0.3 is 5.41 Å². The van der Waals surface area contributed by atoms with E-state index in [0.29, 0.717) is 0 Å². The van der Waals surface area contributed by atoms with E-state index in [-0.39, 0.29) is 11.6 Å². The minimum absolute atomic E-state index is 0.0793. The maximum absolute atomic E-state index is 9.82. The first kappa shape index (κ1) is 14.9. The average Bonchev–Trinajstić information content (AvgIpc) is 2.62. The fourth-order valence-electron chi connectivity index (χ4n) is 3.96. The number of nitrogens with one attached hydrogen (secondary N) is 1. The summed E-state index contributed by atoms with van der Waals surface area (Å²) in [6.45, 7) is 0. The third kappa shape index (κ3) is 2.04. The van der Waals surface area contributed by atoms with Crippen molar-refractivity contribution >= 4 is 5.71 Å². The predicted octanol–water partition coefficient (Wildman–Crippen LogP) is 3.10. The van der Waals surface area contributed by atoms with Crippen LogP contribution in [0.25, 0.3) is 0 Å². The van der Waals surface area contributed by atoms with Gasteiger partial charge in [-0.15, -0.1) is 0 Å². The molecule has 112 valence electrons. The SMILES string of the molecule is N#CC1C(=N)C2=CCCC[C@H]2[C@H](c2cccnc2)C1(C#N)C#N. The zero-order chi connectivity index (χ0) is 16.4. The lowest BCUT2D eigenvalue weighted by molar-refractivity contribution is 0.261. The van der Waals surface area contributed by atoms with E-state index in [4.69, 9.17) is 5.41 Å². The van der Waals surface area contributed by atoms with Crippen LogP contribution in [0.2, 0.25) is 0 Å². The zero-order valence-electron chi connectivity index (χ0n) is 12.5. The van der Waals surface area contributed by atoms with Crippen molar-refractivity contribution in [3.63, 3.8) is 0 Å². The van der Waals surface area contributed by atoms with Crippen LogP contribution in [0.1, 0.15) is 30.7 Å². The smallest absolute Gasteiger partial charge is 0.172 e. The Morgan fingerprint density at radius 3 is 2.65 bits per heavy atom. The fourth-order valence-corrected chi connectivity index (χ4v) is 3.96. The number of nitrogens with zero attached hydrogens (tertiary/aromatic N) is 4. The topological polar surface area (TPSA) is 108 Å². The Morgan fingerprint density at radius 2 is 2.04 bits per heavy atom. The number of hydrogen-bond donors (Lipinski definition) is 1. The van der Waals surface area contributed by atoms with Crippen molar-refractivity contribution in [2.75, 3.05) is 0 Å². The van der Waals surface area contributed by atoms with E-state index in [1.807, 2.05) is 18.2 Å². The van der Waals surface area contributed by atoms with E-state index < -0.39 is 17.3 Å². The van der Waals surface area contributed by atoms with Gasteiger partial charge in [-0.05, 0) is 42.4 Å². The van der Waals surface area contributed by atoms with Gasteiger partial charge in [0.05, 0.1) is 23.9 Å². The molecule has 5 heteroatoms. The van der Waals surface area contributed by atoms with Crippen LogP contribution in [0.3, 0.4) is 0 Å². The first-order valence-corrected chi connectivity index (χ1v) is 7.60. The van der Waals surface area contributed by atoms with Gasteiger partial charge in [0.1, 0.15) is 5.92 Å². The second-order valence-corrected chi connectivity index (χ2v) is 6.03. The van der Waals surface area contributed by atoms with Gasteiger partial charge in [-0.3, -0.25) is 4.98 Å². The van der Waals surface area contributed by atoms with Crippen molar-refractivity contribution in [2.24, 2.45) is 17.3 Å². The lowest BCUT2D eigenvalue weighted by Crippen LogP contribution is -2.48. The van der Waals surface area contributed by atoms with Gasteiger partial charge in [0, 0.05) is 18.3 Å². The van der Waals surface area contributed by atoms with Gasteiger partial charge >= 0.3 is 0 Å². The Balaban J connectivity index is 2.27. The molecule has 0 bridgehead atoms. The Bertz CT molecular complexity index is 773. The van der Waals surface area contributed by atoms with Crippen molar-refractivity contribution in [2.45, 2.75) is 25.2 Å². The number of hydrogen-bond acceptors (Lipinski definition) is 5. The zero-order valence-corrected chi connectivity index (χ0v) is 12.5. The predicted molar refractivity (Wildman–Crippen MR) is 82.9 cm³/mol. The molecule has 1 heterocycles. The second kappa shape index (κ2) is 5.67. The third-order valence-corrected chi connectivity index (χ3v) is 4.97. The highest BCUT2D eigenvalue weighted by Crippen LogP contribution is 2.55. The lowest BCUT2D eigenvalue weighted by Gasteiger charge is -2.45. The molecule has 1 saturated carbocycles. The van der Waals surface area contributed by atoms with Gasteiger partial charge in [0.25, 0.3) is 0 Å². The monoisotopic (exact) mass is 301 g/mol. The molecule has 23 heavy (non-hydrogen) atoms. The van der Waals surface area contributed by atoms with E-state index in [1.54, 1.807) is 18.5 Å². The number of fused-ring (bicyclic) bond motifs is 1. The minimum atomic E-state index is -1.55. The van der Waals surface area contributed by atoms with Crippen molar-refractivity contribution in [3.8, 4) is 18.2 Å². The maximum atomic E-state index is 9.82. The summed E-state index contributed by atoms with van der Waals surface area (Å²) >= 11 is 0. The molecule has 1 aromatic rings. The molecule has 1 N–H and O–H groups in total. The lowest BCUT2D eigenvalue weighted by atomic mass is 9.52. The summed E-state index contributed by atoms with van der Waals surface area (Å²) in [6, 6.07) is 9.89. The van der Waals surface area contributed by atoms with Crippen molar-refractivity contribution in [1.82, 2.24) is 4.98 Å². The van der Waals surface area contributed by atoms with E-state index >= 15 is 0 Å². The molecule has 0 spiro atoms. The largest absolute Gasteiger partial charge is 0.304 e. The summed E-state index contributed by atoms with van der Waals surface area (Å²) in [5.41, 5.74) is 0.216. The molecule has 0 aliphatic heterocycles. The number of pyridine rings is 1. The number of aromatic nitrogens is 1. The van der Waals surface area contributed by atoms with E-state index in [0.717, 1.165) is 30.4 Å². The number of allylic oxidation sites excluding steroid dienone is 2. The first-order chi connectivity index (χ1) is 11.2. The highest BCUT2D eigenvalue weighted by Gasteiger charge is 2.58. The fraction of sp³-hybridized carbons (Fsp3) is 0.389. The molecule has 3 rings (SSSR count). The summed E-state index contributed by atoms with van der Waals surface area (Å²) in [4.78, 5) is 4.13. The van der Waals surface area contributed by atoms with Crippen LogP contribution >= 0.6 is 0 Å². The Kier molecular flexibility index (Phi) is 3.68. The maximum Gasteiger partial charge on any atom is 0.172 e. The van der Waals surface area contributed by atoms with Crippen LogP contribution in [-0.4, -0.2) is 10.7 Å². The standard InChI is InChI=1S/C18H15N5/c19-8-15-17(22)14-6-2-1-5-13(14)16(18(15,10-20)11-21)12-4-3-7-23-9-12/h3-4,6-7,9,13,15-16,22H,1-2,5H2/t13-,15?,16+/m1/s1. The molecule has 0 aromatic carbocycles. The van der Waals surface area contributed by atoms with Crippen LogP contribution < -0.4 is 0 Å². The van der Waals surface area contributed by atoms with Crippen molar-refractivity contribution < 1.29 is 0 Å². The quantitative estimate of drug-likeness (QED) is 0.859. The summed E-state index contributed by atoms with van der Waals surface area (Å²) in [7, 11) is 0. The molecule has 0 amide bonds. The first-order valence-electron chi connectivity index (χ1n) is 7.60. The second-order valence-electron chi connectivity index (χ2n) is 6.03. The number of rotatable bonds is 1. The molecular formula is C18H15N5. The average molecular weight is 301 g/mol. The van der Waals surface area contributed by atoms with Gasteiger partial charge in [0.2, 0.25) is 0 Å². The van der Waals surface area contributed by atoms with Crippen LogP contribution in [0.4, 0.5) is 0 Å². The van der Waals surface area contributed by atoms with Crippen molar-refractivity contribution in [1.29, 1.82) is 21.2 Å². The van der Waals surface area contributed by atoms with E-state index in [2.05, 4.69) is 17.1 Å². The Morgan fingerprint density at radius 1 is 1.26 bits per heavy atom. The molecule has 1 aromatic heterocycles. The molecule has 1 fully saturated rings. The molecule has 5 nitrogen and oxygen atoms in total. The van der Waals surface area contributed by atoms with Gasteiger partial charge in [-0.1, -0.05) is 12.1 Å². The molecule has 2 aliphatic rings. The number of nitriles is 3. The van der Waals surface area contributed by atoms with Crippen LogP contribution in [0.15, 0.2) is 36.2 Å². The summed E-state index contributed by atoms with van der Waals surface area (Å²) in [5.74, 6) is -1.55. The third-order valence-electron chi connectivity index (χ3n) is 4.97. The van der Waals surface area contributed by atoms with Crippen LogP contribution in [0, 0.1) is 56.7 Å². The van der Waals surface area contributed by atoms with Crippen molar-refractivity contribution in [3.05, 3.63) is 41.7 Å².